The molecule has 1 rings (SSSR count). The van der Waals surface area contributed by atoms with Crippen molar-refractivity contribution in [3.05, 3.63) is 35.4 Å². The van der Waals surface area contributed by atoms with E-state index in [0.29, 0.717) is 11.9 Å². The summed E-state index contributed by atoms with van der Waals surface area (Å²) in [5, 5.41) is 3.63. The Labute approximate surface area is 117 Å². The fraction of sp³-hybridized carbons (Fsp3) is 0.625. The van der Waals surface area contributed by atoms with Crippen molar-refractivity contribution < 1.29 is 0 Å². The average Bonchev–Trinajstić information content (AvgIpc) is 2.33. The van der Waals surface area contributed by atoms with Crippen LogP contribution in [0.2, 0.25) is 0 Å². The zero-order valence-corrected chi connectivity index (χ0v) is 12.8. The van der Waals surface area contributed by atoms with E-state index in [9.17, 15) is 0 Å². The van der Waals surface area contributed by atoms with Gasteiger partial charge in [-0.15, -0.1) is 11.6 Å². The summed E-state index contributed by atoms with van der Waals surface area (Å²) in [7, 11) is 0. The molecule has 0 saturated heterocycles. The summed E-state index contributed by atoms with van der Waals surface area (Å²) in [6, 6.07) is 9.31. The number of benzene rings is 1. The molecule has 0 radical (unpaired) electrons. The number of halogens is 1. The Morgan fingerprint density at radius 2 is 1.67 bits per heavy atom. The summed E-state index contributed by atoms with van der Waals surface area (Å²) >= 11 is 5.88. The first-order valence-corrected chi connectivity index (χ1v) is 7.38. The molecule has 0 aromatic heterocycles. The van der Waals surface area contributed by atoms with Crippen LogP contribution in [0.25, 0.3) is 0 Å². The van der Waals surface area contributed by atoms with Crippen LogP contribution in [-0.4, -0.2) is 11.9 Å². The summed E-state index contributed by atoms with van der Waals surface area (Å²) < 4.78 is 0. The molecular formula is C16H26ClN. The van der Waals surface area contributed by atoms with Gasteiger partial charge in [-0.25, -0.2) is 0 Å². The third-order valence-corrected chi connectivity index (χ3v) is 3.65. The Bertz CT molecular complexity index is 337. The lowest BCUT2D eigenvalue weighted by Crippen LogP contribution is -2.40. The molecular weight excluding hydrogens is 242 g/mol. The van der Waals surface area contributed by atoms with E-state index in [1.807, 2.05) is 0 Å². The summed E-state index contributed by atoms with van der Waals surface area (Å²) in [6.07, 6.45) is 2.11. The Morgan fingerprint density at radius 1 is 1.11 bits per heavy atom. The van der Waals surface area contributed by atoms with E-state index in [2.05, 4.69) is 57.3 Å². The minimum absolute atomic E-state index is 0.248. The number of hydrogen-bond acceptors (Lipinski definition) is 1. The highest BCUT2D eigenvalue weighted by atomic mass is 35.5. The van der Waals surface area contributed by atoms with Crippen LogP contribution in [0.3, 0.4) is 0 Å². The number of aryl methyl sites for hydroxylation is 1. The minimum Gasteiger partial charge on any atom is -0.309 e. The van der Waals surface area contributed by atoms with Gasteiger partial charge in [-0.3, -0.25) is 0 Å². The van der Waals surface area contributed by atoms with Crippen LogP contribution in [0.4, 0.5) is 0 Å². The molecule has 1 aromatic rings. The summed E-state index contributed by atoms with van der Waals surface area (Å²) in [4.78, 5) is 0. The van der Waals surface area contributed by atoms with Gasteiger partial charge in [0.25, 0.3) is 0 Å². The van der Waals surface area contributed by atoms with Gasteiger partial charge in [-0.05, 0) is 29.4 Å². The van der Waals surface area contributed by atoms with Crippen LogP contribution in [0, 0.1) is 5.41 Å². The molecule has 1 unspecified atom stereocenters. The second-order valence-electron chi connectivity index (χ2n) is 5.95. The quantitative estimate of drug-likeness (QED) is 0.754. The van der Waals surface area contributed by atoms with Gasteiger partial charge in [0.1, 0.15) is 0 Å². The van der Waals surface area contributed by atoms with Crippen LogP contribution in [0.1, 0.15) is 45.2 Å². The summed E-state index contributed by atoms with van der Waals surface area (Å²) in [5.41, 5.74) is 2.99. The molecule has 0 saturated carbocycles. The number of nitrogens with one attached hydrogen (secondary N) is 1. The molecule has 0 spiro atoms. The van der Waals surface area contributed by atoms with Gasteiger partial charge in [0.15, 0.2) is 0 Å². The zero-order chi connectivity index (χ0) is 13.6. The van der Waals surface area contributed by atoms with Crippen LogP contribution in [0.5, 0.6) is 0 Å². The highest BCUT2D eigenvalue weighted by Crippen LogP contribution is 2.22. The van der Waals surface area contributed by atoms with Gasteiger partial charge in [0.05, 0.1) is 0 Å². The second kappa shape index (κ2) is 7.16. The maximum Gasteiger partial charge on any atom is 0.0238 e. The number of alkyl halides is 1. The lowest BCUT2D eigenvalue weighted by molar-refractivity contribution is 0.260. The largest absolute Gasteiger partial charge is 0.309 e. The molecule has 0 bridgehead atoms. The van der Waals surface area contributed by atoms with E-state index >= 15 is 0 Å². The third-order valence-electron chi connectivity index (χ3n) is 3.43. The molecule has 0 heterocycles. The highest BCUT2D eigenvalue weighted by Gasteiger charge is 2.23. The Balaban J connectivity index is 2.55. The first kappa shape index (κ1) is 15.5. The first-order chi connectivity index (χ1) is 8.47. The van der Waals surface area contributed by atoms with Crippen LogP contribution >= 0.6 is 11.6 Å². The van der Waals surface area contributed by atoms with Gasteiger partial charge in [-0.2, -0.15) is 0 Å². The van der Waals surface area contributed by atoms with E-state index in [0.717, 1.165) is 19.4 Å². The van der Waals surface area contributed by atoms with Crippen molar-refractivity contribution in [2.45, 2.75) is 53.1 Å². The molecule has 1 nitrogen and oxygen atoms in total. The highest BCUT2D eigenvalue weighted by molar-refractivity contribution is 6.17. The zero-order valence-electron chi connectivity index (χ0n) is 12.1. The predicted octanol–water partition coefficient (Wildman–Crippen LogP) is 4.38. The second-order valence-corrected chi connectivity index (χ2v) is 6.33. The molecule has 18 heavy (non-hydrogen) atoms. The van der Waals surface area contributed by atoms with Crippen molar-refractivity contribution in [1.82, 2.24) is 5.32 Å². The van der Waals surface area contributed by atoms with Crippen LogP contribution < -0.4 is 5.32 Å². The smallest absolute Gasteiger partial charge is 0.0238 e. The monoisotopic (exact) mass is 267 g/mol. The Hall–Kier alpha value is -0.530. The molecule has 0 aliphatic carbocycles. The first-order valence-electron chi connectivity index (χ1n) is 6.84. The topological polar surface area (TPSA) is 12.0 Å². The average molecular weight is 268 g/mol. The van der Waals surface area contributed by atoms with Crippen molar-refractivity contribution >= 4 is 11.6 Å². The summed E-state index contributed by atoms with van der Waals surface area (Å²) in [5.74, 6) is 0.712. The van der Waals surface area contributed by atoms with Gasteiger partial charge >= 0.3 is 0 Å². The van der Waals surface area contributed by atoms with Crippen molar-refractivity contribution in [2.24, 2.45) is 5.41 Å². The lowest BCUT2D eigenvalue weighted by atomic mass is 9.85. The third kappa shape index (κ3) is 4.99. The number of rotatable bonds is 6. The van der Waals surface area contributed by atoms with Gasteiger partial charge in [0.2, 0.25) is 0 Å². The van der Waals surface area contributed by atoms with E-state index in [4.69, 9.17) is 11.6 Å². The molecule has 0 amide bonds. The van der Waals surface area contributed by atoms with E-state index < -0.39 is 0 Å². The summed E-state index contributed by atoms with van der Waals surface area (Å²) in [6.45, 7) is 9.89. The normalized spacial score (nSPS) is 13.6. The van der Waals surface area contributed by atoms with Crippen molar-refractivity contribution in [1.29, 1.82) is 0 Å². The minimum atomic E-state index is 0.248. The standard InChI is InChI=1S/C16H26ClN/c1-5-13-6-8-14(9-7-13)12-18-15(10-11-17)16(2,3)4/h6-9,15,18H,5,10-12H2,1-4H3. The Kier molecular flexibility index (Phi) is 6.17. The number of hydrogen-bond donors (Lipinski definition) is 1. The molecule has 1 aromatic carbocycles. The van der Waals surface area contributed by atoms with Gasteiger partial charge in [0, 0.05) is 18.5 Å². The SMILES string of the molecule is CCc1ccc(CNC(CCCl)C(C)(C)C)cc1. The maximum absolute atomic E-state index is 5.88. The van der Waals surface area contributed by atoms with E-state index in [1.54, 1.807) is 0 Å². The molecule has 2 heteroatoms. The molecule has 1 atom stereocenters. The van der Waals surface area contributed by atoms with Crippen LogP contribution in [0.15, 0.2) is 24.3 Å². The van der Waals surface area contributed by atoms with Crippen LogP contribution in [-0.2, 0) is 13.0 Å². The van der Waals surface area contributed by atoms with Crippen molar-refractivity contribution in [2.75, 3.05) is 5.88 Å². The molecule has 102 valence electrons. The predicted molar refractivity (Wildman–Crippen MR) is 81.2 cm³/mol. The maximum atomic E-state index is 5.88. The van der Waals surface area contributed by atoms with E-state index in [-0.39, 0.29) is 5.41 Å². The fourth-order valence-corrected chi connectivity index (χ4v) is 2.30. The lowest BCUT2D eigenvalue weighted by Gasteiger charge is -2.31. The fourth-order valence-electron chi connectivity index (χ4n) is 2.08. The molecule has 1 N–H and O–H groups in total. The molecule has 0 fully saturated rings. The molecule has 0 aliphatic heterocycles. The Morgan fingerprint density at radius 3 is 2.11 bits per heavy atom. The van der Waals surface area contributed by atoms with Gasteiger partial charge in [-0.1, -0.05) is 52.0 Å². The van der Waals surface area contributed by atoms with Crippen molar-refractivity contribution in [3.63, 3.8) is 0 Å². The van der Waals surface area contributed by atoms with Gasteiger partial charge < -0.3 is 5.32 Å². The van der Waals surface area contributed by atoms with Crippen molar-refractivity contribution in [3.8, 4) is 0 Å². The molecule has 0 aliphatic rings. The van der Waals surface area contributed by atoms with E-state index in [1.165, 1.54) is 11.1 Å².